The molecular weight excluding hydrogens is 319 g/mol. The highest BCUT2D eigenvalue weighted by molar-refractivity contribution is 6.30. The van der Waals surface area contributed by atoms with Crippen molar-refractivity contribution in [3.8, 4) is 0 Å². The zero-order valence-electron chi connectivity index (χ0n) is 13.2. The fourth-order valence-corrected chi connectivity index (χ4v) is 3.22. The minimum atomic E-state index is 0. The van der Waals surface area contributed by atoms with Gasteiger partial charge in [-0.3, -0.25) is 4.79 Å². The van der Waals surface area contributed by atoms with E-state index in [-0.39, 0.29) is 30.4 Å². The van der Waals surface area contributed by atoms with E-state index in [1.54, 1.807) is 0 Å². The summed E-state index contributed by atoms with van der Waals surface area (Å²) in [5, 5.41) is 3.87. The molecule has 0 heterocycles. The molecule has 1 amide bonds. The van der Waals surface area contributed by atoms with Gasteiger partial charge >= 0.3 is 0 Å². The third-order valence-electron chi connectivity index (χ3n) is 4.38. The first-order valence-corrected chi connectivity index (χ1v) is 8.15. The number of carbonyl (C=O) groups is 1. The lowest BCUT2D eigenvalue weighted by Gasteiger charge is -2.24. The van der Waals surface area contributed by atoms with Crippen LogP contribution in [0.5, 0.6) is 0 Å². The van der Waals surface area contributed by atoms with Crippen molar-refractivity contribution in [3.63, 3.8) is 0 Å². The lowest BCUT2D eigenvalue weighted by Crippen LogP contribution is -2.35. The highest BCUT2D eigenvalue weighted by Gasteiger charge is 2.27. The maximum absolute atomic E-state index is 12.3. The first kappa shape index (κ1) is 19.3. The Morgan fingerprint density at radius 3 is 2.45 bits per heavy atom. The number of benzene rings is 1. The summed E-state index contributed by atoms with van der Waals surface area (Å²) < 4.78 is 0. The molecule has 3 nitrogen and oxygen atoms in total. The Morgan fingerprint density at radius 2 is 1.95 bits per heavy atom. The third-order valence-corrected chi connectivity index (χ3v) is 4.63. The van der Waals surface area contributed by atoms with Gasteiger partial charge in [0.15, 0.2) is 0 Å². The number of hydrogen-bond acceptors (Lipinski definition) is 2. The highest BCUT2D eigenvalue weighted by atomic mass is 35.5. The van der Waals surface area contributed by atoms with Gasteiger partial charge in [0.1, 0.15) is 0 Å². The molecule has 0 aromatic heterocycles. The number of nitrogens with two attached hydrogens (primary N) is 1. The Balaban J connectivity index is 0.00000242. The van der Waals surface area contributed by atoms with E-state index in [0.717, 1.165) is 24.8 Å². The molecule has 0 radical (unpaired) electrons. The van der Waals surface area contributed by atoms with Crippen LogP contribution in [0.4, 0.5) is 0 Å². The Kier molecular flexibility index (Phi) is 7.67. The molecule has 1 aliphatic carbocycles. The molecule has 3 atom stereocenters. The summed E-state index contributed by atoms with van der Waals surface area (Å²) in [4.78, 5) is 12.3. The van der Waals surface area contributed by atoms with Gasteiger partial charge in [-0.1, -0.05) is 44.0 Å². The first-order chi connectivity index (χ1) is 9.97. The summed E-state index contributed by atoms with van der Waals surface area (Å²) in [6.45, 7) is 4.22. The van der Waals surface area contributed by atoms with E-state index in [0.29, 0.717) is 23.3 Å². The molecule has 0 aliphatic heterocycles. The van der Waals surface area contributed by atoms with Gasteiger partial charge in [-0.15, -0.1) is 12.4 Å². The van der Waals surface area contributed by atoms with Crippen LogP contribution in [0, 0.1) is 11.8 Å². The van der Waals surface area contributed by atoms with Crippen molar-refractivity contribution in [2.24, 2.45) is 17.6 Å². The molecule has 1 fully saturated rings. The normalized spacial score (nSPS) is 22.2. The van der Waals surface area contributed by atoms with Crippen LogP contribution in [-0.4, -0.2) is 11.9 Å². The van der Waals surface area contributed by atoms with E-state index in [9.17, 15) is 4.79 Å². The Bertz CT molecular complexity index is 476. The number of carbonyl (C=O) groups excluding carboxylic acids is 1. The van der Waals surface area contributed by atoms with Gasteiger partial charge in [-0.05, 0) is 42.4 Å². The van der Waals surface area contributed by atoms with Crippen molar-refractivity contribution >= 4 is 29.9 Å². The van der Waals surface area contributed by atoms with Gasteiger partial charge in [-0.25, -0.2) is 0 Å². The quantitative estimate of drug-likeness (QED) is 0.844. The van der Waals surface area contributed by atoms with Crippen molar-refractivity contribution in [2.45, 2.75) is 51.6 Å². The van der Waals surface area contributed by atoms with Crippen molar-refractivity contribution in [1.82, 2.24) is 5.32 Å². The van der Waals surface area contributed by atoms with Gasteiger partial charge < -0.3 is 11.1 Å². The predicted octanol–water partition coefficient (Wildman–Crippen LogP) is 4.09. The zero-order chi connectivity index (χ0) is 15.4. The van der Waals surface area contributed by atoms with Crippen LogP contribution in [0.2, 0.25) is 5.02 Å². The molecule has 22 heavy (non-hydrogen) atoms. The molecule has 5 heteroatoms. The molecule has 124 valence electrons. The molecule has 1 aromatic rings. The smallest absolute Gasteiger partial charge is 0.220 e. The van der Waals surface area contributed by atoms with E-state index < -0.39 is 0 Å². The lowest BCUT2D eigenvalue weighted by molar-refractivity contribution is -0.123. The van der Waals surface area contributed by atoms with Gasteiger partial charge in [-0.2, -0.15) is 0 Å². The van der Waals surface area contributed by atoms with Crippen LogP contribution in [0.3, 0.4) is 0 Å². The van der Waals surface area contributed by atoms with Gasteiger partial charge in [0.2, 0.25) is 5.91 Å². The van der Waals surface area contributed by atoms with Crippen molar-refractivity contribution in [2.75, 3.05) is 0 Å². The molecule has 2 rings (SSSR count). The molecule has 1 aliphatic rings. The van der Waals surface area contributed by atoms with Gasteiger partial charge in [0.05, 0.1) is 6.04 Å². The van der Waals surface area contributed by atoms with Gasteiger partial charge in [0.25, 0.3) is 0 Å². The standard InChI is InChI=1S/C17H25ClN2O.ClH/c1-11(2)17(12-6-8-14(18)9-7-12)20-16(21)10-13-4-3-5-15(13)19;/h6-9,11,13,15,17H,3-5,10,19H2,1-2H3,(H,20,21);1H/t13-,15+,17?;/m0./s1. The number of hydrogen-bond donors (Lipinski definition) is 2. The van der Waals surface area contributed by atoms with Crippen LogP contribution in [0.1, 0.15) is 51.1 Å². The minimum absolute atomic E-state index is 0. The summed E-state index contributed by atoms with van der Waals surface area (Å²) in [6, 6.07) is 7.90. The average Bonchev–Trinajstić information content (AvgIpc) is 2.82. The number of amides is 1. The summed E-state index contributed by atoms with van der Waals surface area (Å²) in [7, 11) is 0. The van der Waals surface area contributed by atoms with Crippen LogP contribution in [0.15, 0.2) is 24.3 Å². The van der Waals surface area contributed by atoms with Crippen molar-refractivity contribution < 1.29 is 4.79 Å². The number of nitrogens with one attached hydrogen (secondary N) is 1. The topological polar surface area (TPSA) is 55.1 Å². The maximum atomic E-state index is 12.3. The molecule has 1 saturated carbocycles. The predicted molar refractivity (Wildman–Crippen MR) is 94.4 cm³/mol. The zero-order valence-corrected chi connectivity index (χ0v) is 14.8. The summed E-state index contributed by atoms with van der Waals surface area (Å²) in [5.74, 6) is 0.765. The first-order valence-electron chi connectivity index (χ1n) is 7.77. The fourth-order valence-electron chi connectivity index (χ4n) is 3.09. The second kappa shape index (κ2) is 8.76. The third kappa shape index (κ3) is 5.15. The SMILES string of the molecule is CC(C)C(NC(=O)C[C@@H]1CCC[C@H]1N)c1ccc(Cl)cc1.Cl. The van der Waals surface area contributed by atoms with Crippen molar-refractivity contribution in [3.05, 3.63) is 34.9 Å². The summed E-state index contributed by atoms with van der Waals surface area (Å²) in [6.07, 6.45) is 3.80. The molecule has 0 spiro atoms. The van der Waals surface area contributed by atoms with E-state index in [1.165, 1.54) is 0 Å². The lowest BCUT2D eigenvalue weighted by atomic mass is 9.94. The Hall–Kier alpha value is -0.770. The molecule has 3 N–H and O–H groups in total. The highest BCUT2D eigenvalue weighted by Crippen LogP contribution is 2.28. The van der Waals surface area contributed by atoms with Crippen LogP contribution < -0.4 is 11.1 Å². The van der Waals surface area contributed by atoms with E-state index in [4.69, 9.17) is 17.3 Å². The van der Waals surface area contributed by atoms with Crippen LogP contribution >= 0.6 is 24.0 Å². The van der Waals surface area contributed by atoms with E-state index in [2.05, 4.69) is 19.2 Å². The Morgan fingerprint density at radius 1 is 1.32 bits per heavy atom. The molecular formula is C17H26Cl2N2O. The minimum Gasteiger partial charge on any atom is -0.349 e. The summed E-state index contributed by atoms with van der Waals surface area (Å²) in [5.41, 5.74) is 7.15. The van der Waals surface area contributed by atoms with Gasteiger partial charge in [0, 0.05) is 17.5 Å². The molecule has 0 bridgehead atoms. The Labute approximate surface area is 144 Å². The largest absolute Gasteiger partial charge is 0.349 e. The van der Waals surface area contributed by atoms with Crippen LogP contribution in [0.25, 0.3) is 0 Å². The second-order valence-corrected chi connectivity index (χ2v) is 6.84. The molecule has 0 saturated heterocycles. The maximum Gasteiger partial charge on any atom is 0.220 e. The molecule has 1 unspecified atom stereocenters. The van der Waals surface area contributed by atoms with E-state index in [1.807, 2.05) is 24.3 Å². The van der Waals surface area contributed by atoms with Crippen molar-refractivity contribution in [1.29, 1.82) is 0 Å². The number of rotatable bonds is 5. The molecule has 1 aromatic carbocycles. The number of halogens is 2. The van der Waals surface area contributed by atoms with E-state index >= 15 is 0 Å². The van der Waals surface area contributed by atoms with Crippen LogP contribution in [-0.2, 0) is 4.79 Å². The summed E-state index contributed by atoms with van der Waals surface area (Å²) >= 11 is 5.93. The fraction of sp³-hybridized carbons (Fsp3) is 0.588. The monoisotopic (exact) mass is 344 g/mol. The average molecular weight is 345 g/mol. The second-order valence-electron chi connectivity index (χ2n) is 6.40.